The Bertz CT molecular complexity index is 724. The van der Waals surface area contributed by atoms with Crippen LogP contribution in [0.25, 0.3) is 11.4 Å². The van der Waals surface area contributed by atoms with Gasteiger partial charge in [0.05, 0.1) is 11.6 Å². The van der Waals surface area contributed by atoms with E-state index in [9.17, 15) is 4.39 Å². The van der Waals surface area contributed by atoms with Gasteiger partial charge in [-0.15, -0.1) is 10.2 Å². The maximum atomic E-state index is 12.8. The van der Waals surface area contributed by atoms with Crippen molar-refractivity contribution < 1.29 is 4.39 Å². The number of rotatable bonds is 3. The maximum Gasteiger partial charge on any atom is 0.206 e. The van der Waals surface area contributed by atoms with Gasteiger partial charge in [0.15, 0.2) is 0 Å². The van der Waals surface area contributed by atoms with E-state index in [0.29, 0.717) is 17.4 Å². The Morgan fingerprint density at radius 1 is 1.05 bits per heavy atom. The van der Waals surface area contributed by atoms with Crippen molar-refractivity contribution in [1.29, 1.82) is 0 Å². The first-order chi connectivity index (χ1) is 9.72. The van der Waals surface area contributed by atoms with Crippen LogP contribution in [0.3, 0.4) is 0 Å². The summed E-state index contributed by atoms with van der Waals surface area (Å²) in [5.41, 5.74) is 1.63. The van der Waals surface area contributed by atoms with Crippen molar-refractivity contribution in [3.63, 3.8) is 0 Å². The third kappa shape index (κ3) is 2.67. The lowest BCUT2D eigenvalue weighted by Crippen LogP contribution is -2.04. The molecule has 0 bridgehead atoms. The molecule has 2 aromatic carbocycles. The Balaban J connectivity index is 1.84. The highest BCUT2D eigenvalue weighted by atomic mass is 35.5. The number of hydrogen-bond acceptors (Lipinski definition) is 3. The van der Waals surface area contributed by atoms with Crippen LogP contribution >= 0.6 is 11.6 Å². The van der Waals surface area contributed by atoms with Crippen molar-refractivity contribution in [3.8, 4) is 11.4 Å². The Labute approximate surface area is 119 Å². The third-order valence-corrected chi connectivity index (χ3v) is 3.13. The summed E-state index contributed by atoms with van der Waals surface area (Å²) in [6, 6.07) is 13.5. The Morgan fingerprint density at radius 3 is 2.55 bits per heavy atom. The molecular formula is C14H10ClFN4. The average molecular weight is 289 g/mol. The van der Waals surface area contributed by atoms with Crippen LogP contribution in [0.2, 0.25) is 5.02 Å². The third-order valence-electron chi connectivity index (χ3n) is 2.80. The molecule has 20 heavy (non-hydrogen) atoms. The highest BCUT2D eigenvalue weighted by Crippen LogP contribution is 2.23. The number of hydrogen-bond donors (Lipinski definition) is 0. The average Bonchev–Trinajstić information content (AvgIpc) is 2.90. The van der Waals surface area contributed by atoms with Gasteiger partial charge in [-0.3, -0.25) is 0 Å². The normalized spacial score (nSPS) is 10.7. The largest absolute Gasteiger partial charge is 0.207 e. The highest BCUT2D eigenvalue weighted by Gasteiger charge is 2.09. The molecule has 1 aromatic heterocycles. The number of halogens is 2. The van der Waals surface area contributed by atoms with Crippen LogP contribution in [0.5, 0.6) is 0 Å². The summed E-state index contributed by atoms with van der Waals surface area (Å²) in [6.07, 6.45) is 0. The van der Waals surface area contributed by atoms with Gasteiger partial charge in [-0.1, -0.05) is 35.9 Å². The van der Waals surface area contributed by atoms with Gasteiger partial charge in [0.2, 0.25) is 5.82 Å². The maximum absolute atomic E-state index is 12.8. The van der Waals surface area contributed by atoms with Gasteiger partial charge in [-0.2, -0.15) is 4.80 Å². The lowest BCUT2D eigenvalue weighted by molar-refractivity contribution is 0.570. The molecule has 0 N–H and O–H groups in total. The summed E-state index contributed by atoms with van der Waals surface area (Å²) in [5, 5.41) is 12.8. The van der Waals surface area contributed by atoms with E-state index >= 15 is 0 Å². The molecule has 0 fully saturated rings. The van der Waals surface area contributed by atoms with Crippen molar-refractivity contribution in [1.82, 2.24) is 20.2 Å². The number of nitrogens with zero attached hydrogens (tertiary/aromatic N) is 4. The van der Waals surface area contributed by atoms with Crippen LogP contribution < -0.4 is 0 Å². The van der Waals surface area contributed by atoms with Crippen LogP contribution in [-0.4, -0.2) is 20.2 Å². The van der Waals surface area contributed by atoms with Gasteiger partial charge >= 0.3 is 0 Å². The SMILES string of the molecule is Fc1ccc(Cn2nnc(-c3ccccc3Cl)n2)cc1. The minimum absolute atomic E-state index is 0.267. The predicted molar refractivity (Wildman–Crippen MR) is 73.8 cm³/mol. The molecule has 0 saturated carbocycles. The van der Waals surface area contributed by atoms with Gasteiger partial charge in [-0.25, -0.2) is 4.39 Å². The summed E-state index contributed by atoms with van der Waals surface area (Å²) in [4.78, 5) is 1.45. The van der Waals surface area contributed by atoms with Crippen molar-refractivity contribution in [2.24, 2.45) is 0 Å². The molecule has 0 amide bonds. The molecule has 1 heterocycles. The summed E-state index contributed by atoms with van der Waals surface area (Å²) < 4.78 is 12.8. The van der Waals surface area contributed by atoms with Crippen molar-refractivity contribution in [3.05, 3.63) is 64.9 Å². The smallest absolute Gasteiger partial charge is 0.206 e. The summed E-state index contributed by atoms with van der Waals surface area (Å²) in [6.45, 7) is 0.428. The number of tetrazole rings is 1. The van der Waals surface area contributed by atoms with Gasteiger partial charge in [0, 0.05) is 5.56 Å². The minimum Gasteiger partial charge on any atom is -0.207 e. The minimum atomic E-state index is -0.267. The number of benzene rings is 2. The molecule has 0 spiro atoms. The molecule has 0 aliphatic rings. The molecule has 3 rings (SSSR count). The van der Waals surface area contributed by atoms with Crippen LogP contribution in [0.15, 0.2) is 48.5 Å². The second kappa shape index (κ2) is 5.38. The number of aromatic nitrogens is 4. The Kier molecular flexibility index (Phi) is 3.43. The second-order valence-corrected chi connectivity index (χ2v) is 4.66. The zero-order valence-electron chi connectivity index (χ0n) is 10.4. The molecule has 0 aliphatic carbocycles. The van der Waals surface area contributed by atoms with Crippen LogP contribution in [0.1, 0.15) is 5.56 Å². The monoisotopic (exact) mass is 288 g/mol. The van der Waals surface area contributed by atoms with Gasteiger partial charge in [0.25, 0.3) is 0 Å². The summed E-state index contributed by atoms with van der Waals surface area (Å²) in [5.74, 6) is 0.203. The molecule has 100 valence electrons. The molecule has 0 radical (unpaired) electrons. The van der Waals surface area contributed by atoms with Crippen LogP contribution in [-0.2, 0) is 6.54 Å². The molecular weight excluding hydrogens is 279 g/mol. The lowest BCUT2D eigenvalue weighted by atomic mass is 10.2. The van der Waals surface area contributed by atoms with Crippen molar-refractivity contribution in [2.45, 2.75) is 6.54 Å². The van der Waals surface area contributed by atoms with Gasteiger partial charge in [-0.05, 0) is 35.0 Å². The zero-order valence-corrected chi connectivity index (χ0v) is 11.1. The van der Waals surface area contributed by atoms with E-state index in [0.717, 1.165) is 11.1 Å². The lowest BCUT2D eigenvalue weighted by Gasteiger charge is -1.99. The standard InChI is InChI=1S/C14H10ClFN4/c15-13-4-2-1-3-12(13)14-17-19-20(18-14)9-10-5-7-11(16)8-6-10/h1-8H,9H2. The highest BCUT2D eigenvalue weighted by molar-refractivity contribution is 6.33. The summed E-state index contributed by atoms with van der Waals surface area (Å²) in [7, 11) is 0. The fourth-order valence-electron chi connectivity index (χ4n) is 1.81. The fourth-order valence-corrected chi connectivity index (χ4v) is 2.03. The fraction of sp³-hybridized carbons (Fsp3) is 0.0714. The summed E-state index contributed by atoms with van der Waals surface area (Å²) >= 11 is 6.09. The van der Waals surface area contributed by atoms with E-state index in [-0.39, 0.29) is 5.82 Å². The quantitative estimate of drug-likeness (QED) is 0.743. The first kappa shape index (κ1) is 12.7. The Hall–Kier alpha value is -2.27. The first-order valence-corrected chi connectivity index (χ1v) is 6.37. The molecule has 4 nitrogen and oxygen atoms in total. The van der Waals surface area contributed by atoms with Crippen LogP contribution in [0.4, 0.5) is 4.39 Å². The van der Waals surface area contributed by atoms with E-state index in [2.05, 4.69) is 15.4 Å². The first-order valence-electron chi connectivity index (χ1n) is 5.99. The van der Waals surface area contributed by atoms with Crippen molar-refractivity contribution in [2.75, 3.05) is 0 Å². The molecule has 0 aliphatic heterocycles. The molecule has 6 heteroatoms. The zero-order chi connectivity index (χ0) is 13.9. The van der Waals surface area contributed by atoms with Crippen LogP contribution in [0, 0.1) is 5.82 Å². The van der Waals surface area contributed by atoms with Crippen molar-refractivity contribution >= 4 is 11.6 Å². The molecule has 0 unspecified atom stereocenters. The van der Waals surface area contributed by atoms with Gasteiger partial charge < -0.3 is 0 Å². The molecule has 0 saturated heterocycles. The molecule has 0 atom stereocenters. The second-order valence-electron chi connectivity index (χ2n) is 4.25. The topological polar surface area (TPSA) is 43.6 Å². The van der Waals surface area contributed by atoms with E-state index in [1.807, 2.05) is 18.2 Å². The van der Waals surface area contributed by atoms with E-state index in [1.54, 1.807) is 18.2 Å². The van der Waals surface area contributed by atoms with E-state index in [1.165, 1.54) is 16.9 Å². The molecule has 3 aromatic rings. The Morgan fingerprint density at radius 2 is 1.80 bits per heavy atom. The van der Waals surface area contributed by atoms with E-state index < -0.39 is 0 Å². The predicted octanol–water partition coefficient (Wildman–Crippen LogP) is 3.18. The van der Waals surface area contributed by atoms with E-state index in [4.69, 9.17) is 11.6 Å². The van der Waals surface area contributed by atoms with Gasteiger partial charge in [0.1, 0.15) is 5.82 Å².